The zero-order valence-electron chi connectivity index (χ0n) is 16.3. The largest absolute Gasteiger partial charge is 0.503 e. The van der Waals surface area contributed by atoms with Crippen LogP contribution in [0.1, 0.15) is 32.0 Å². The van der Waals surface area contributed by atoms with Gasteiger partial charge in [0.15, 0.2) is 5.76 Å². The number of aromatic nitrogens is 1. The van der Waals surface area contributed by atoms with Crippen LogP contribution < -0.4 is 4.90 Å². The highest BCUT2D eigenvalue weighted by molar-refractivity contribution is 7.14. The van der Waals surface area contributed by atoms with Crippen LogP contribution >= 0.6 is 34.5 Å². The van der Waals surface area contributed by atoms with Crippen LogP contribution in [0.25, 0.3) is 0 Å². The maximum atomic E-state index is 13.7. The molecule has 0 aliphatic carbocycles. The molecule has 0 saturated carbocycles. The number of amides is 1. The first kappa shape index (κ1) is 21.5. The summed E-state index contributed by atoms with van der Waals surface area (Å²) in [6.45, 7) is 3.46. The zero-order valence-corrected chi connectivity index (χ0v) is 18.6. The Morgan fingerprint density at radius 3 is 2.42 bits per heavy atom. The predicted octanol–water partition coefficient (Wildman–Crippen LogP) is 5.99. The van der Waals surface area contributed by atoms with Crippen LogP contribution in [0.4, 0.5) is 10.1 Å². The second-order valence-corrected chi connectivity index (χ2v) is 9.01. The lowest BCUT2D eigenvalue weighted by molar-refractivity contribution is -0.117. The highest BCUT2D eigenvalue weighted by Gasteiger charge is 2.45. The van der Waals surface area contributed by atoms with Crippen molar-refractivity contribution in [3.05, 3.63) is 90.8 Å². The number of thiazole rings is 1. The van der Waals surface area contributed by atoms with E-state index in [1.165, 1.54) is 28.4 Å². The quantitative estimate of drug-likeness (QED) is 0.469. The molecule has 1 aromatic heterocycles. The lowest BCUT2D eigenvalue weighted by atomic mass is 9.95. The molecule has 5 nitrogen and oxygen atoms in total. The molecule has 1 amide bonds. The van der Waals surface area contributed by atoms with Gasteiger partial charge in [-0.25, -0.2) is 9.37 Å². The third-order valence-electron chi connectivity index (χ3n) is 4.93. The Hall–Kier alpha value is -2.74. The number of nitrogens with zero attached hydrogens (tertiary/aromatic N) is 2. The summed E-state index contributed by atoms with van der Waals surface area (Å²) in [4.78, 5) is 32.4. The fourth-order valence-electron chi connectivity index (χ4n) is 3.56. The zero-order chi connectivity index (χ0) is 22.4. The van der Waals surface area contributed by atoms with Gasteiger partial charge in [0.25, 0.3) is 5.91 Å². The van der Waals surface area contributed by atoms with Crippen LogP contribution in [0.3, 0.4) is 0 Å². The van der Waals surface area contributed by atoms with Crippen LogP contribution in [0, 0.1) is 19.7 Å². The van der Waals surface area contributed by atoms with Gasteiger partial charge >= 0.3 is 0 Å². The molecule has 158 valence electrons. The molecule has 0 bridgehead atoms. The van der Waals surface area contributed by atoms with Gasteiger partial charge in [0.05, 0.1) is 32.2 Å². The highest BCUT2D eigenvalue weighted by Crippen LogP contribution is 2.43. The number of ketones is 1. The molecule has 0 fully saturated rings. The van der Waals surface area contributed by atoms with E-state index >= 15 is 0 Å². The number of carbonyl (C=O) groups is 2. The van der Waals surface area contributed by atoms with Crippen molar-refractivity contribution in [1.29, 1.82) is 0 Å². The molecular weight excluding hydrogens is 462 g/mol. The van der Waals surface area contributed by atoms with Crippen molar-refractivity contribution in [1.82, 2.24) is 4.98 Å². The van der Waals surface area contributed by atoms with E-state index in [4.69, 9.17) is 23.2 Å². The molecule has 9 heteroatoms. The molecule has 1 unspecified atom stereocenters. The Labute approximate surface area is 191 Å². The number of aliphatic hydroxyl groups is 1. The second kappa shape index (κ2) is 8.07. The molecule has 3 aromatic rings. The average molecular weight is 477 g/mol. The first-order chi connectivity index (χ1) is 14.7. The molecule has 2 aromatic carbocycles. The highest BCUT2D eigenvalue weighted by atomic mass is 35.5. The summed E-state index contributed by atoms with van der Waals surface area (Å²) in [5, 5.41) is 11.7. The van der Waals surface area contributed by atoms with Gasteiger partial charge in [-0.3, -0.25) is 14.5 Å². The molecule has 31 heavy (non-hydrogen) atoms. The third-order valence-corrected chi connectivity index (χ3v) is 6.54. The third kappa shape index (κ3) is 3.73. The molecule has 1 N–H and O–H groups in total. The van der Waals surface area contributed by atoms with Crippen LogP contribution in [0.5, 0.6) is 0 Å². The van der Waals surface area contributed by atoms with Crippen molar-refractivity contribution in [2.75, 3.05) is 4.90 Å². The number of halogens is 3. The number of hydrogen-bond acceptors (Lipinski definition) is 5. The summed E-state index contributed by atoms with van der Waals surface area (Å²) >= 11 is 13.1. The van der Waals surface area contributed by atoms with Gasteiger partial charge in [0, 0.05) is 10.7 Å². The van der Waals surface area contributed by atoms with E-state index < -0.39 is 29.3 Å². The summed E-state index contributed by atoms with van der Waals surface area (Å²) in [5.74, 6) is -2.60. The second-order valence-electron chi connectivity index (χ2n) is 6.97. The molecular formula is C22H15Cl2FN2O3S. The fourth-order valence-corrected chi connectivity index (χ4v) is 4.74. The number of rotatable bonds is 4. The standard InChI is InChI=1S/C22H15Cl2FN2O3S/c1-10-21(31-11(2)26-10)19(28)17-18(12-3-5-13(23)6-4-12)27(22(30)20(17)29)14-7-8-16(25)15(24)9-14/h3-9,18,29H,1-2H3. The van der Waals surface area contributed by atoms with Crippen molar-refractivity contribution in [2.24, 2.45) is 0 Å². The van der Waals surface area contributed by atoms with Gasteiger partial charge in [0.1, 0.15) is 5.82 Å². The van der Waals surface area contributed by atoms with Gasteiger partial charge in [0.2, 0.25) is 5.78 Å². The summed E-state index contributed by atoms with van der Waals surface area (Å²) in [7, 11) is 0. The van der Waals surface area contributed by atoms with Crippen LogP contribution in [0.2, 0.25) is 10.0 Å². The minimum Gasteiger partial charge on any atom is -0.503 e. The molecule has 0 saturated heterocycles. The topological polar surface area (TPSA) is 70.5 Å². The maximum absolute atomic E-state index is 13.7. The smallest absolute Gasteiger partial charge is 0.294 e. The minimum absolute atomic E-state index is 0.0838. The van der Waals surface area contributed by atoms with Crippen LogP contribution in [-0.4, -0.2) is 21.8 Å². The Balaban J connectivity index is 1.90. The van der Waals surface area contributed by atoms with Gasteiger partial charge in [-0.15, -0.1) is 11.3 Å². The van der Waals surface area contributed by atoms with Crippen molar-refractivity contribution in [3.8, 4) is 0 Å². The normalized spacial score (nSPS) is 16.4. The van der Waals surface area contributed by atoms with Crippen molar-refractivity contribution < 1.29 is 19.1 Å². The number of hydrogen-bond donors (Lipinski definition) is 1. The first-order valence-corrected chi connectivity index (χ1v) is 10.7. The number of anilines is 1. The molecule has 1 aliphatic rings. The summed E-state index contributed by atoms with van der Waals surface area (Å²) in [6, 6.07) is 9.38. The van der Waals surface area contributed by atoms with E-state index in [1.807, 2.05) is 0 Å². The summed E-state index contributed by atoms with van der Waals surface area (Å²) in [6.07, 6.45) is 0. The molecule has 0 spiro atoms. The molecule has 4 rings (SSSR count). The predicted molar refractivity (Wildman–Crippen MR) is 119 cm³/mol. The number of Topliss-reactive ketones (excluding diaryl/α,β-unsaturated/α-hetero) is 1. The van der Waals surface area contributed by atoms with Gasteiger partial charge < -0.3 is 5.11 Å². The van der Waals surface area contributed by atoms with E-state index in [1.54, 1.807) is 38.1 Å². The lowest BCUT2D eigenvalue weighted by Crippen LogP contribution is -2.31. The van der Waals surface area contributed by atoms with E-state index in [0.29, 0.717) is 26.2 Å². The van der Waals surface area contributed by atoms with Gasteiger partial charge in [-0.2, -0.15) is 0 Å². The summed E-state index contributed by atoms with van der Waals surface area (Å²) in [5.41, 5.74) is 1.21. The van der Waals surface area contributed by atoms with Crippen molar-refractivity contribution in [3.63, 3.8) is 0 Å². The Bertz CT molecular complexity index is 1250. The fraction of sp³-hybridized carbons (Fsp3) is 0.136. The van der Waals surface area contributed by atoms with Crippen LogP contribution in [-0.2, 0) is 4.79 Å². The molecule has 0 radical (unpaired) electrons. The maximum Gasteiger partial charge on any atom is 0.294 e. The number of aliphatic hydroxyl groups excluding tert-OH is 1. The number of aryl methyl sites for hydroxylation is 2. The monoisotopic (exact) mass is 476 g/mol. The molecule has 1 atom stereocenters. The van der Waals surface area contributed by atoms with E-state index in [-0.39, 0.29) is 16.3 Å². The Morgan fingerprint density at radius 2 is 1.84 bits per heavy atom. The van der Waals surface area contributed by atoms with Crippen LogP contribution in [0.15, 0.2) is 53.8 Å². The Kier molecular flexibility index (Phi) is 5.60. The molecule has 2 heterocycles. The van der Waals surface area contributed by atoms with Gasteiger partial charge in [-0.1, -0.05) is 35.3 Å². The SMILES string of the molecule is Cc1nc(C)c(C(=O)C2=C(O)C(=O)N(c3ccc(F)c(Cl)c3)C2c2ccc(Cl)cc2)s1. The van der Waals surface area contributed by atoms with E-state index in [9.17, 15) is 19.1 Å². The lowest BCUT2D eigenvalue weighted by Gasteiger charge is -2.27. The van der Waals surface area contributed by atoms with E-state index in [2.05, 4.69) is 4.98 Å². The average Bonchev–Trinajstić information content (AvgIpc) is 3.20. The van der Waals surface area contributed by atoms with Crippen molar-refractivity contribution in [2.45, 2.75) is 19.9 Å². The van der Waals surface area contributed by atoms with Crippen molar-refractivity contribution >= 4 is 51.9 Å². The number of carbonyl (C=O) groups excluding carboxylic acids is 2. The van der Waals surface area contributed by atoms with E-state index in [0.717, 1.165) is 6.07 Å². The summed E-state index contributed by atoms with van der Waals surface area (Å²) < 4.78 is 13.7. The minimum atomic E-state index is -0.958. The first-order valence-electron chi connectivity index (χ1n) is 9.15. The number of benzene rings is 2. The Morgan fingerprint density at radius 1 is 1.16 bits per heavy atom. The van der Waals surface area contributed by atoms with Gasteiger partial charge in [-0.05, 0) is 49.7 Å². The molecule has 1 aliphatic heterocycles.